The van der Waals surface area contributed by atoms with Crippen LogP contribution in [0.3, 0.4) is 0 Å². The van der Waals surface area contributed by atoms with Gasteiger partial charge in [0.05, 0.1) is 6.61 Å². The summed E-state index contributed by atoms with van der Waals surface area (Å²) in [6.07, 6.45) is 1.97. The molecular weight excluding hydrogens is 240 g/mol. The van der Waals surface area contributed by atoms with E-state index in [1.54, 1.807) is 6.07 Å². The van der Waals surface area contributed by atoms with Gasteiger partial charge in [0.2, 0.25) is 0 Å². The molecule has 104 valence electrons. The number of hydrogen-bond donors (Lipinski definition) is 2. The van der Waals surface area contributed by atoms with E-state index in [-0.39, 0.29) is 11.9 Å². The molecule has 19 heavy (non-hydrogen) atoms. The van der Waals surface area contributed by atoms with Gasteiger partial charge in [-0.25, -0.2) is 0 Å². The van der Waals surface area contributed by atoms with Crippen LogP contribution >= 0.6 is 0 Å². The van der Waals surface area contributed by atoms with Crippen LogP contribution < -0.4 is 15.4 Å². The molecule has 0 spiro atoms. The number of benzene rings is 1. The van der Waals surface area contributed by atoms with E-state index in [2.05, 4.69) is 17.6 Å². The van der Waals surface area contributed by atoms with Crippen LogP contribution in [0.25, 0.3) is 0 Å². The van der Waals surface area contributed by atoms with Gasteiger partial charge >= 0.3 is 0 Å². The van der Waals surface area contributed by atoms with Crippen LogP contribution in [0.2, 0.25) is 0 Å². The normalized spacial score (nSPS) is 22.8. The Morgan fingerprint density at radius 3 is 3.11 bits per heavy atom. The molecule has 0 radical (unpaired) electrons. The van der Waals surface area contributed by atoms with Crippen molar-refractivity contribution >= 4 is 5.91 Å². The molecule has 4 heteroatoms. The highest BCUT2D eigenvalue weighted by Crippen LogP contribution is 2.14. The summed E-state index contributed by atoms with van der Waals surface area (Å²) < 4.78 is 5.41. The summed E-state index contributed by atoms with van der Waals surface area (Å²) in [6, 6.07) is 8.07. The molecule has 1 aromatic carbocycles. The Bertz CT molecular complexity index is 434. The van der Waals surface area contributed by atoms with Gasteiger partial charge in [-0.05, 0) is 51.4 Å². The van der Waals surface area contributed by atoms with Gasteiger partial charge < -0.3 is 15.4 Å². The molecule has 0 bridgehead atoms. The van der Waals surface area contributed by atoms with Crippen LogP contribution in [0.4, 0.5) is 0 Å². The molecule has 2 N–H and O–H groups in total. The van der Waals surface area contributed by atoms with Crippen molar-refractivity contribution in [3.63, 3.8) is 0 Å². The third-order valence-electron chi connectivity index (χ3n) is 3.37. The second-order valence-electron chi connectivity index (χ2n) is 5.01. The Morgan fingerprint density at radius 1 is 1.53 bits per heavy atom. The summed E-state index contributed by atoms with van der Waals surface area (Å²) >= 11 is 0. The lowest BCUT2D eigenvalue weighted by Crippen LogP contribution is -2.46. The van der Waals surface area contributed by atoms with Crippen molar-refractivity contribution in [2.45, 2.75) is 38.8 Å². The van der Waals surface area contributed by atoms with E-state index in [0.717, 1.165) is 25.1 Å². The van der Waals surface area contributed by atoms with Crippen LogP contribution in [-0.4, -0.2) is 31.1 Å². The van der Waals surface area contributed by atoms with E-state index < -0.39 is 0 Å². The lowest BCUT2D eigenvalue weighted by molar-refractivity contribution is 0.0925. The first-order valence-corrected chi connectivity index (χ1v) is 6.96. The average Bonchev–Trinajstić information content (AvgIpc) is 2.39. The minimum absolute atomic E-state index is 0.0133. The van der Waals surface area contributed by atoms with Gasteiger partial charge in [0.25, 0.3) is 5.91 Å². The van der Waals surface area contributed by atoms with E-state index in [1.807, 2.05) is 25.1 Å². The third-order valence-corrected chi connectivity index (χ3v) is 3.37. The molecular formula is C15H22N2O2. The van der Waals surface area contributed by atoms with E-state index >= 15 is 0 Å². The number of carbonyl (C=O) groups excluding carboxylic acids is 1. The summed E-state index contributed by atoms with van der Waals surface area (Å²) in [5.41, 5.74) is 0.664. The Balaban J connectivity index is 1.97. The van der Waals surface area contributed by atoms with E-state index in [0.29, 0.717) is 18.2 Å². The number of piperidine rings is 1. The minimum Gasteiger partial charge on any atom is -0.494 e. The highest BCUT2D eigenvalue weighted by molar-refractivity contribution is 5.94. The predicted octanol–water partition coefficient (Wildman–Crippen LogP) is 1.96. The molecule has 2 unspecified atom stereocenters. The number of nitrogens with one attached hydrogen (secondary N) is 2. The zero-order valence-corrected chi connectivity index (χ0v) is 11.6. The first-order chi connectivity index (χ1) is 9.19. The molecule has 1 heterocycles. The van der Waals surface area contributed by atoms with Crippen LogP contribution in [0, 0.1) is 0 Å². The van der Waals surface area contributed by atoms with Crippen molar-refractivity contribution < 1.29 is 9.53 Å². The van der Waals surface area contributed by atoms with Crippen molar-refractivity contribution in [2.75, 3.05) is 13.2 Å². The third kappa shape index (κ3) is 3.96. The van der Waals surface area contributed by atoms with Gasteiger partial charge in [0, 0.05) is 17.6 Å². The number of rotatable bonds is 4. The summed E-state index contributed by atoms with van der Waals surface area (Å²) in [5.74, 6) is 0.731. The van der Waals surface area contributed by atoms with Crippen LogP contribution in [0.1, 0.15) is 37.0 Å². The molecule has 0 aromatic heterocycles. The van der Waals surface area contributed by atoms with Crippen LogP contribution in [0.5, 0.6) is 5.75 Å². The Hall–Kier alpha value is -1.55. The van der Waals surface area contributed by atoms with Crippen LogP contribution in [-0.2, 0) is 0 Å². The number of ether oxygens (including phenoxy) is 1. The minimum atomic E-state index is -0.0133. The van der Waals surface area contributed by atoms with Gasteiger partial charge in [-0.3, -0.25) is 4.79 Å². The molecule has 2 atom stereocenters. The second-order valence-corrected chi connectivity index (χ2v) is 5.01. The molecule has 0 aliphatic carbocycles. The van der Waals surface area contributed by atoms with E-state index in [4.69, 9.17) is 4.74 Å². The Kier molecular flexibility index (Phi) is 4.80. The quantitative estimate of drug-likeness (QED) is 0.872. The average molecular weight is 262 g/mol. The number of carbonyl (C=O) groups is 1. The molecule has 1 aromatic rings. The highest BCUT2D eigenvalue weighted by atomic mass is 16.5. The van der Waals surface area contributed by atoms with Crippen molar-refractivity contribution in [3.8, 4) is 5.75 Å². The second kappa shape index (κ2) is 6.57. The fourth-order valence-electron chi connectivity index (χ4n) is 2.43. The molecule has 1 amide bonds. The van der Waals surface area contributed by atoms with Crippen molar-refractivity contribution in [1.82, 2.24) is 10.6 Å². The molecule has 1 aliphatic heterocycles. The largest absolute Gasteiger partial charge is 0.494 e. The van der Waals surface area contributed by atoms with Gasteiger partial charge in [-0.15, -0.1) is 0 Å². The van der Waals surface area contributed by atoms with Crippen molar-refractivity contribution in [2.24, 2.45) is 0 Å². The maximum absolute atomic E-state index is 12.2. The molecule has 0 saturated carbocycles. The molecule has 1 saturated heterocycles. The molecule has 1 fully saturated rings. The summed E-state index contributed by atoms with van der Waals surface area (Å²) in [5, 5.41) is 6.48. The standard InChI is InChI=1S/C15H22N2O2/c1-3-19-14-6-4-5-12(10-14)15(18)17-13-7-8-16-11(2)9-13/h4-6,10-11,13,16H,3,7-9H2,1-2H3,(H,17,18). The van der Waals surface area contributed by atoms with Crippen molar-refractivity contribution in [3.05, 3.63) is 29.8 Å². The number of hydrogen-bond acceptors (Lipinski definition) is 3. The van der Waals surface area contributed by atoms with Gasteiger partial charge in [0.15, 0.2) is 0 Å². The van der Waals surface area contributed by atoms with Crippen molar-refractivity contribution in [1.29, 1.82) is 0 Å². The first-order valence-electron chi connectivity index (χ1n) is 6.96. The Morgan fingerprint density at radius 2 is 2.37 bits per heavy atom. The molecule has 1 aliphatic rings. The fraction of sp³-hybridized carbons (Fsp3) is 0.533. The number of amides is 1. The lowest BCUT2D eigenvalue weighted by Gasteiger charge is -2.28. The maximum Gasteiger partial charge on any atom is 0.251 e. The summed E-state index contributed by atoms with van der Waals surface area (Å²) in [6.45, 7) is 5.65. The molecule has 2 rings (SSSR count). The van der Waals surface area contributed by atoms with E-state index in [1.165, 1.54) is 0 Å². The summed E-state index contributed by atoms with van der Waals surface area (Å²) in [4.78, 5) is 12.2. The fourth-order valence-corrected chi connectivity index (χ4v) is 2.43. The highest BCUT2D eigenvalue weighted by Gasteiger charge is 2.20. The zero-order chi connectivity index (χ0) is 13.7. The SMILES string of the molecule is CCOc1cccc(C(=O)NC2CCNC(C)C2)c1. The van der Waals surface area contributed by atoms with E-state index in [9.17, 15) is 4.79 Å². The molecule has 4 nitrogen and oxygen atoms in total. The van der Waals surface area contributed by atoms with Gasteiger partial charge in [-0.2, -0.15) is 0 Å². The lowest BCUT2D eigenvalue weighted by atomic mass is 10.0. The van der Waals surface area contributed by atoms with Gasteiger partial charge in [0.1, 0.15) is 5.75 Å². The van der Waals surface area contributed by atoms with Crippen LogP contribution in [0.15, 0.2) is 24.3 Å². The topological polar surface area (TPSA) is 50.4 Å². The zero-order valence-electron chi connectivity index (χ0n) is 11.6. The first kappa shape index (κ1) is 13.9. The smallest absolute Gasteiger partial charge is 0.251 e. The maximum atomic E-state index is 12.2. The van der Waals surface area contributed by atoms with Gasteiger partial charge in [-0.1, -0.05) is 6.07 Å². The summed E-state index contributed by atoms with van der Waals surface area (Å²) in [7, 11) is 0. The Labute approximate surface area is 114 Å². The predicted molar refractivity (Wildman–Crippen MR) is 75.6 cm³/mol. The monoisotopic (exact) mass is 262 g/mol.